The summed E-state index contributed by atoms with van der Waals surface area (Å²) in [5, 5.41) is 1.81. The molecule has 0 aliphatic carbocycles. The first kappa shape index (κ1) is 16.6. The van der Waals surface area contributed by atoms with Crippen molar-refractivity contribution in [1.82, 2.24) is 9.88 Å². The molecular formula is C18H15Cl2N3OS. The summed E-state index contributed by atoms with van der Waals surface area (Å²) in [6.07, 6.45) is 1.79. The Labute approximate surface area is 159 Å². The molecule has 1 saturated heterocycles. The minimum absolute atomic E-state index is 0.0251. The van der Waals surface area contributed by atoms with Gasteiger partial charge in [0.2, 0.25) is 0 Å². The van der Waals surface area contributed by atoms with Crippen molar-refractivity contribution in [2.75, 3.05) is 31.1 Å². The molecular weight excluding hydrogens is 377 g/mol. The fraction of sp³-hybridized carbons (Fsp3) is 0.222. The average Bonchev–Trinajstić information content (AvgIpc) is 3.00. The standard InChI is InChI=1S/C18H15Cl2N3OS/c19-12-4-3-5-13-15(12)16(20)17(25-13)18(24)23-10-8-22(9-11-23)14-6-1-2-7-21-14/h1-7H,8-11H2. The number of piperazine rings is 1. The largest absolute Gasteiger partial charge is 0.353 e. The fourth-order valence-corrected chi connectivity index (χ4v) is 4.95. The zero-order valence-electron chi connectivity index (χ0n) is 13.3. The highest BCUT2D eigenvalue weighted by Gasteiger charge is 2.27. The van der Waals surface area contributed by atoms with Crippen LogP contribution >= 0.6 is 34.5 Å². The average molecular weight is 392 g/mol. The zero-order chi connectivity index (χ0) is 17.4. The van der Waals surface area contributed by atoms with E-state index >= 15 is 0 Å². The van der Waals surface area contributed by atoms with Gasteiger partial charge in [-0.2, -0.15) is 0 Å². The number of fused-ring (bicyclic) bond motifs is 1. The number of pyridine rings is 1. The molecule has 1 aliphatic heterocycles. The van der Waals surface area contributed by atoms with Crippen molar-refractivity contribution in [3.8, 4) is 0 Å². The van der Waals surface area contributed by atoms with Crippen LogP contribution in [-0.4, -0.2) is 42.0 Å². The number of carbonyl (C=O) groups is 1. The van der Waals surface area contributed by atoms with Crippen LogP contribution in [0.3, 0.4) is 0 Å². The minimum Gasteiger partial charge on any atom is -0.353 e. The number of carbonyl (C=O) groups excluding carboxylic acids is 1. The molecule has 25 heavy (non-hydrogen) atoms. The van der Waals surface area contributed by atoms with E-state index in [-0.39, 0.29) is 5.91 Å². The summed E-state index contributed by atoms with van der Waals surface area (Å²) in [5.74, 6) is 0.921. The van der Waals surface area contributed by atoms with Crippen LogP contribution in [0.1, 0.15) is 9.67 Å². The molecule has 4 rings (SSSR count). The van der Waals surface area contributed by atoms with E-state index in [2.05, 4.69) is 9.88 Å². The second kappa shape index (κ2) is 6.83. The molecule has 0 unspecified atom stereocenters. The Balaban J connectivity index is 1.53. The van der Waals surface area contributed by atoms with Crippen LogP contribution in [0.25, 0.3) is 10.1 Å². The molecule has 2 aromatic heterocycles. The molecule has 0 bridgehead atoms. The maximum Gasteiger partial charge on any atom is 0.265 e. The Hall–Kier alpha value is -1.82. The highest BCUT2D eigenvalue weighted by atomic mass is 35.5. The smallest absolute Gasteiger partial charge is 0.265 e. The number of anilines is 1. The highest BCUT2D eigenvalue weighted by molar-refractivity contribution is 7.21. The number of thiophene rings is 1. The van der Waals surface area contributed by atoms with E-state index in [0.29, 0.717) is 28.0 Å². The molecule has 0 radical (unpaired) electrons. The molecule has 1 aliphatic rings. The Morgan fingerprint density at radius 2 is 1.84 bits per heavy atom. The van der Waals surface area contributed by atoms with Crippen molar-refractivity contribution in [1.29, 1.82) is 0 Å². The molecule has 0 spiro atoms. The van der Waals surface area contributed by atoms with E-state index in [1.165, 1.54) is 11.3 Å². The molecule has 0 N–H and O–H groups in total. The van der Waals surface area contributed by atoms with Gasteiger partial charge in [-0.15, -0.1) is 11.3 Å². The summed E-state index contributed by atoms with van der Waals surface area (Å²) in [4.78, 5) is 21.9. The SMILES string of the molecule is O=C(c1sc2cccc(Cl)c2c1Cl)N1CCN(c2ccccn2)CC1. The van der Waals surface area contributed by atoms with E-state index in [4.69, 9.17) is 23.2 Å². The molecule has 1 amide bonds. The molecule has 1 aromatic carbocycles. The first-order valence-electron chi connectivity index (χ1n) is 7.97. The lowest BCUT2D eigenvalue weighted by Gasteiger charge is -2.35. The molecule has 128 valence electrons. The normalized spacial score (nSPS) is 15.0. The van der Waals surface area contributed by atoms with Gasteiger partial charge < -0.3 is 9.80 Å². The Bertz CT molecular complexity index is 921. The van der Waals surface area contributed by atoms with Crippen molar-refractivity contribution in [2.24, 2.45) is 0 Å². The van der Waals surface area contributed by atoms with Crippen LogP contribution in [0.5, 0.6) is 0 Å². The van der Waals surface area contributed by atoms with E-state index < -0.39 is 0 Å². The van der Waals surface area contributed by atoms with Crippen molar-refractivity contribution in [3.63, 3.8) is 0 Å². The topological polar surface area (TPSA) is 36.4 Å². The van der Waals surface area contributed by atoms with Crippen LogP contribution in [-0.2, 0) is 0 Å². The molecule has 0 atom stereocenters. The first-order valence-corrected chi connectivity index (χ1v) is 9.54. The Morgan fingerprint density at radius 1 is 1.04 bits per heavy atom. The maximum atomic E-state index is 12.9. The number of hydrogen-bond acceptors (Lipinski definition) is 4. The number of benzene rings is 1. The lowest BCUT2D eigenvalue weighted by atomic mass is 10.2. The van der Waals surface area contributed by atoms with Crippen LogP contribution in [0.2, 0.25) is 10.0 Å². The third-order valence-electron chi connectivity index (χ3n) is 4.34. The van der Waals surface area contributed by atoms with E-state index in [9.17, 15) is 4.79 Å². The third kappa shape index (κ3) is 3.08. The summed E-state index contributed by atoms with van der Waals surface area (Å²) in [6.45, 7) is 2.81. The van der Waals surface area contributed by atoms with Crippen LogP contribution in [0, 0.1) is 0 Å². The summed E-state index contributed by atoms with van der Waals surface area (Å²) in [7, 11) is 0. The van der Waals surface area contributed by atoms with Crippen LogP contribution < -0.4 is 4.90 Å². The van der Waals surface area contributed by atoms with Crippen LogP contribution in [0.4, 0.5) is 5.82 Å². The van der Waals surface area contributed by atoms with Gasteiger partial charge in [0.25, 0.3) is 5.91 Å². The first-order chi connectivity index (χ1) is 12.1. The lowest BCUT2D eigenvalue weighted by molar-refractivity contribution is 0.0751. The van der Waals surface area contributed by atoms with Crippen LogP contribution in [0.15, 0.2) is 42.6 Å². The molecule has 4 nitrogen and oxygen atoms in total. The summed E-state index contributed by atoms with van der Waals surface area (Å²) in [5.41, 5.74) is 0. The van der Waals surface area contributed by atoms with Crippen molar-refractivity contribution >= 4 is 56.3 Å². The van der Waals surface area contributed by atoms with Gasteiger partial charge in [0.15, 0.2) is 0 Å². The summed E-state index contributed by atoms with van der Waals surface area (Å²) < 4.78 is 0.938. The summed E-state index contributed by atoms with van der Waals surface area (Å²) >= 11 is 14.1. The Kier molecular flexibility index (Phi) is 4.54. The number of amides is 1. The summed E-state index contributed by atoms with van der Waals surface area (Å²) in [6, 6.07) is 11.5. The predicted molar refractivity (Wildman–Crippen MR) is 104 cm³/mol. The number of hydrogen-bond donors (Lipinski definition) is 0. The second-order valence-electron chi connectivity index (χ2n) is 5.83. The van der Waals surface area contributed by atoms with Gasteiger partial charge in [-0.25, -0.2) is 4.98 Å². The number of nitrogens with zero attached hydrogens (tertiary/aromatic N) is 3. The molecule has 3 aromatic rings. The van der Waals surface area contributed by atoms with Crippen molar-refractivity contribution in [2.45, 2.75) is 0 Å². The van der Waals surface area contributed by atoms with Gasteiger partial charge in [-0.3, -0.25) is 4.79 Å². The fourth-order valence-electron chi connectivity index (χ4n) is 3.03. The van der Waals surface area contributed by atoms with E-state index in [1.54, 1.807) is 12.3 Å². The van der Waals surface area contributed by atoms with Gasteiger partial charge in [0.05, 0.1) is 10.0 Å². The van der Waals surface area contributed by atoms with Crippen molar-refractivity contribution < 1.29 is 4.79 Å². The van der Waals surface area contributed by atoms with Gasteiger partial charge >= 0.3 is 0 Å². The number of halogens is 2. The molecule has 3 heterocycles. The molecule has 0 saturated carbocycles. The predicted octanol–water partition coefficient (Wildman–Crippen LogP) is 4.57. The second-order valence-corrected chi connectivity index (χ2v) is 7.66. The minimum atomic E-state index is -0.0251. The van der Waals surface area contributed by atoms with E-state index in [0.717, 1.165) is 29.0 Å². The number of aromatic nitrogens is 1. The monoisotopic (exact) mass is 391 g/mol. The van der Waals surface area contributed by atoms with Gasteiger partial charge in [-0.1, -0.05) is 35.3 Å². The van der Waals surface area contributed by atoms with E-state index in [1.807, 2.05) is 35.2 Å². The Morgan fingerprint density at radius 3 is 2.52 bits per heavy atom. The number of rotatable bonds is 2. The van der Waals surface area contributed by atoms with Gasteiger partial charge in [-0.05, 0) is 24.3 Å². The molecule has 7 heteroatoms. The lowest BCUT2D eigenvalue weighted by Crippen LogP contribution is -2.48. The molecule has 1 fully saturated rings. The third-order valence-corrected chi connectivity index (χ3v) is 6.29. The van der Waals surface area contributed by atoms with Gasteiger partial charge in [0, 0.05) is 42.5 Å². The quantitative estimate of drug-likeness (QED) is 0.641. The van der Waals surface area contributed by atoms with Crippen molar-refractivity contribution in [3.05, 3.63) is 57.5 Å². The highest BCUT2D eigenvalue weighted by Crippen LogP contribution is 2.40. The maximum absolute atomic E-state index is 12.9. The van der Waals surface area contributed by atoms with Gasteiger partial charge in [0.1, 0.15) is 10.7 Å². The zero-order valence-corrected chi connectivity index (χ0v) is 15.6.